The van der Waals surface area contributed by atoms with Crippen molar-refractivity contribution in [1.29, 1.82) is 0 Å². The number of ketones is 1. The summed E-state index contributed by atoms with van der Waals surface area (Å²) in [5.41, 5.74) is 1.24. The van der Waals surface area contributed by atoms with Gasteiger partial charge in [-0.15, -0.1) is 0 Å². The fourth-order valence-electron chi connectivity index (χ4n) is 1.79. The highest BCUT2D eigenvalue weighted by Crippen LogP contribution is 2.25. The topological polar surface area (TPSA) is 35.5 Å². The summed E-state index contributed by atoms with van der Waals surface area (Å²) in [5, 5.41) is 0.338. The number of aryl methyl sites for hydroxylation is 1. The zero-order valence-electron chi connectivity index (χ0n) is 11.7. The number of Topliss-reactive ketones (excluding diaryl/α,β-unsaturated/α-hetero) is 1. The molecule has 0 N–H and O–H groups in total. The average molecular weight is 309 g/mol. The Morgan fingerprint density at radius 2 is 1.95 bits per heavy atom. The molecular weight excluding hydrogens is 295 g/mol. The third-order valence-corrected chi connectivity index (χ3v) is 3.21. The summed E-state index contributed by atoms with van der Waals surface area (Å²) >= 11 is 5.96. The lowest BCUT2D eigenvalue weighted by molar-refractivity contribution is 0.0918. The van der Waals surface area contributed by atoms with E-state index >= 15 is 0 Å². The Kier molecular flexibility index (Phi) is 4.81. The molecule has 0 unspecified atom stereocenters. The second kappa shape index (κ2) is 6.59. The number of hydrogen-bond donors (Lipinski definition) is 0. The lowest BCUT2D eigenvalue weighted by Gasteiger charge is -2.08. The Bertz CT molecular complexity index is 671. The lowest BCUT2D eigenvalue weighted by atomic mass is 10.1. The van der Waals surface area contributed by atoms with Gasteiger partial charge in [0.25, 0.3) is 0 Å². The molecule has 0 aliphatic rings. The molecule has 2 aromatic rings. The molecule has 0 bridgehead atoms. The number of ether oxygens (including phenoxy) is 2. The predicted molar refractivity (Wildman–Crippen MR) is 79.0 cm³/mol. The molecule has 2 aromatic carbocycles. The van der Waals surface area contributed by atoms with E-state index in [9.17, 15) is 9.18 Å². The minimum absolute atomic E-state index is 0.0583. The van der Waals surface area contributed by atoms with Crippen molar-refractivity contribution in [3.63, 3.8) is 0 Å². The molecule has 2 rings (SSSR count). The van der Waals surface area contributed by atoms with Crippen LogP contribution >= 0.6 is 11.6 Å². The largest absolute Gasteiger partial charge is 0.495 e. The van der Waals surface area contributed by atoms with Gasteiger partial charge in [-0.1, -0.05) is 17.7 Å². The number of rotatable bonds is 5. The SMILES string of the molecule is COc1ccc(C(=O)COc2cc(C)ccc2F)cc1Cl. The third kappa shape index (κ3) is 3.73. The van der Waals surface area contributed by atoms with Crippen molar-refractivity contribution in [3.05, 3.63) is 58.4 Å². The number of benzene rings is 2. The monoisotopic (exact) mass is 308 g/mol. The van der Waals surface area contributed by atoms with Crippen LogP contribution in [0.25, 0.3) is 0 Å². The molecule has 0 heterocycles. The first-order chi connectivity index (χ1) is 10.0. The van der Waals surface area contributed by atoms with Gasteiger partial charge in [-0.3, -0.25) is 4.79 Å². The molecule has 0 saturated carbocycles. The van der Waals surface area contributed by atoms with Crippen LogP contribution in [-0.4, -0.2) is 19.5 Å². The molecule has 21 heavy (non-hydrogen) atoms. The summed E-state index contributed by atoms with van der Waals surface area (Å²) in [6, 6.07) is 9.17. The van der Waals surface area contributed by atoms with Gasteiger partial charge in [-0.25, -0.2) is 4.39 Å². The van der Waals surface area contributed by atoms with E-state index in [0.717, 1.165) is 5.56 Å². The number of carbonyl (C=O) groups excluding carboxylic acids is 1. The average Bonchev–Trinajstić information content (AvgIpc) is 2.47. The molecular formula is C16H14ClFO3. The van der Waals surface area contributed by atoms with E-state index in [0.29, 0.717) is 16.3 Å². The molecule has 110 valence electrons. The first-order valence-corrected chi connectivity index (χ1v) is 6.64. The predicted octanol–water partition coefficient (Wildman–Crippen LogP) is 4.06. The van der Waals surface area contributed by atoms with Gasteiger partial charge in [0, 0.05) is 5.56 Å². The Morgan fingerprint density at radius 3 is 2.62 bits per heavy atom. The fourth-order valence-corrected chi connectivity index (χ4v) is 2.05. The van der Waals surface area contributed by atoms with Gasteiger partial charge in [0.15, 0.2) is 24.0 Å². The van der Waals surface area contributed by atoms with Crippen LogP contribution in [0.5, 0.6) is 11.5 Å². The lowest BCUT2D eigenvalue weighted by Crippen LogP contribution is -2.12. The standard InChI is InChI=1S/C16H14ClFO3/c1-10-3-5-13(18)16(7-10)21-9-14(19)11-4-6-15(20-2)12(17)8-11/h3-8H,9H2,1-2H3. The van der Waals surface area contributed by atoms with Crippen LogP contribution in [0.1, 0.15) is 15.9 Å². The van der Waals surface area contributed by atoms with Gasteiger partial charge in [0.05, 0.1) is 12.1 Å². The minimum atomic E-state index is -0.499. The van der Waals surface area contributed by atoms with Gasteiger partial charge in [-0.2, -0.15) is 0 Å². The molecule has 0 atom stereocenters. The second-order valence-corrected chi connectivity index (χ2v) is 4.90. The Morgan fingerprint density at radius 1 is 1.19 bits per heavy atom. The zero-order chi connectivity index (χ0) is 15.4. The maximum atomic E-state index is 13.5. The molecule has 0 amide bonds. The van der Waals surface area contributed by atoms with Crippen molar-refractivity contribution in [2.24, 2.45) is 0 Å². The van der Waals surface area contributed by atoms with E-state index in [2.05, 4.69) is 0 Å². The first kappa shape index (κ1) is 15.3. The van der Waals surface area contributed by atoms with Gasteiger partial charge in [0.1, 0.15) is 5.75 Å². The summed E-state index contributed by atoms with van der Waals surface area (Å²) in [6.07, 6.45) is 0. The molecule has 0 radical (unpaired) electrons. The Labute approximate surface area is 127 Å². The molecule has 0 aromatic heterocycles. The maximum Gasteiger partial charge on any atom is 0.200 e. The molecule has 5 heteroatoms. The van der Waals surface area contributed by atoms with Crippen molar-refractivity contribution in [2.45, 2.75) is 6.92 Å². The highest BCUT2D eigenvalue weighted by atomic mass is 35.5. The molecule has 3 nitrogen and oxygen atoms in total. The van der Waals surface area contributed by atoms with Crippen LogP contribution in [0, 0.1) is 12.7 Å². The summed E-state index contributed by atoms with van der Waals surface area (Å²) in [6.45, 7) is 1.56. The van der Waals surface area contributed by atoms with Crippen molar-refractivity contribution < 1.29 is 18.7 Å². The van der Waals surface area contributed by atoms with E-state index < -0.39 is 5.82 Å². The quantitative estimate of drug-likeness (QED) is 0.781. The van der Waals surface area contributed by atoms with E-state index in [4.69, 9.17) is 21.1 Å². The second-order valence-electron chi connectivity index (χ2n) is 4.50. The molecule has 0 saturated heterocycles. The van der Waals surface area contributed by atoms with Crippen LogP contribution < -0.4 is 9.47 Å². The van der Waals surface area contributed by atoms with Gasteiger partial charge in [-0.05, 0) is 42.8 Å². The normalized spacial score (nSPS) is 10.3. The summed E-state index contributed by atoms with van der Waals surface area (Å²) in [5.74, 6) is -0.247. The van der Waals surface area contributed by atoms with Crippen molar-refractivity contribution >= 4 is 17.4 Å². The van der Waals surface area contributed by atoms with Crippen LogP contribution in [0.2, 0.25) is 5.02 Å². The molecule has 0 spiro atoms. The van der Waals surface area contributed by atoms with Gasteiger partial charge >= 0.3 is 0 Å². The highest BCUT2D eigenvalue weighted by molar-refractivity contribution is 6.32. The smallest absolute Gasteiger partial charge is 0.200 e. The van der Waals surface area contributed by atoms with Gasteiger partial charge < -0.3 is 9.47 Å². The Hall–Kier alpha value is -2.07. The van der Waals surface area contributed by atoms with Crippen LogP contribution in [-0.2, 0) is 0 Å². The van der Waals surface area contributed by atoms with Crippen LogP contribution in [0.3, 0.4) is 0 Å². The highest BCUT2D eigenvalue weighted by Gasteiger charge is 2.11. The number of methoxy groups -OCH3 is 1. The zero-order valence-corrected chi connectivity index (χ0v) is 12.4. The molecule has 0 fully saturated rings. The summed E-state index contributed by atoms with van der Waals surface area (Å²) in [7, 11) is 1.49. The first-order valence-electron chi connectivity index (χ1n) is 6.27. The summed E-state index contributed by atoms with van der Waals surface area (Å²) in [4.78, 5) is 12.0. The van der Waals surface area contributed by atoms with Crippen molar-refractivity contribution in [2.75, 3.05) is 13.7 Å². The number of hydrogen-bond acceptors (Lipinski definition) is 3. The van der Waals surface area contributed by atoms with Crippen LogP contribution in [0.4, 0.5) is 4.39 Å². The van der Waals surface area contributed by atoms with E-state index in [-0.39, 0.29) is 18.1 Å². The van der Waals surface area contributed by atoms with Crippen molar-refractivity contribution in [3.8, 4) is 11.5 Å². The van der Waals surface area contributed by atoms with Crippen LogP contribution in [0.15, 0.2) is 36.4 Å². The molecule has 0 aliphatic carbocycles. The maximum absolute atomic E-state index is 13.5. The summed E-state index contributed by atoms with van der Waals surface area (Å²) < 4.78 is 23.8. The Balaban J connectivity index is 2.08. The number of carbonyl (C=O) groups is 1. The van der Waals surface area contributed by atoms with E-state index in [1.54, 1.807) is 24.3 Å². The number of halogens is 2. The third-order valence-electron chi connectivity index (χ3n) is 2.92. The van der Waals surface area contributed by atoms with Crippen molar-refractivity contribution in [1.82, 2.24) is 0 Å². The fraction of sp³-hybridized carbons (Fsp3) is 0.188. The van der Waals surface area contributed by atoms with Gasteiger partial charge in [0.2, 0.25) is 0 Å². The van der Waals surface area contributed by atoms with E-state index in [1.165, 1.54) is 19.2 Å². The minimum Gasteiger partial charge on any atom is -0.495 e. The molecule has 0 aliphatic heterocycles. The van der Waals surface area contributed by atoms with E-state index in [1.807, 2.05) is 6.92 Å².